The maximum atomic E-state index is 13.4. The molecule has 0 aromatic heterocycles. The van der Waals surface area contributed by atoms with Crippen LogP contribution in [0.2, 0.25) is 0 Å². The molecule has 0 spiro atoms. The second-order valence-corrected chi connectivity index (χ2v) is 4.26. The highest BCUT2D eigenvalue weighted by molar-refractivity contribution is 7.80. The minimum atomic E-state index is -0.877. The van der Waals surface area contributed by atoms with E-state index in [9.17, 15) is 18.0 Å². The average Bonchev–Trinajstić information content (AvgIpc) is 2.36. The number of anilines is 1. The molecule has 0 heterocycles. The quantitative estimate of drug-likeness (QED) is 0.809. The average molecular weight is 283 g/mol. The number of benzene rings is 2. The minimum absolute atomic E-state index is 0.295. The summed E-state index contributed by atoms with van der Waals surface area (Å²) in [6.45, 7) is 0. The van der Waals surface area contributed by atoms with Gasteiger partial charge in [0.15, 0.2) is 0 Å². The standard InChI is InChI=1S/C13H8F3NOS/c14-7-1-3-11(16)12(5-7)17-13(18)9-6-8(19)2-4-10(9)15/h1-6,19H,(H,17,18). The first-order chi connectivity index (χ1) is 8.97. The number of hydrogen-bond acceptors (Lipinski definition) is 2. The lowest BCUT2D eigenvalue weighted by Crippen LogP contribution is -2.15. The van der Waals surface area contributed by atoms with Crippen molar-refractivity contribution < 1.29 is 18.0 Å². The van der Waals surface area contributed by atoms with Crippen LogP contribution < -0.4 is 5.32 Å². The first kappa shape index (κ1) is 13.5. The van der Waals surface area contributed by atoms with Crippen LogP contribution in [0.4, 0.5) is 18.9 Å². The number of halogens is 3. The van der Waals surface area contributed by atoms with Crippen molar-refractivity contribution in [3.8, 4) is 0 Å². The van der Waals surface area contributed by atoms with Gasteiger partial charge in [-0.05, 0) is 30.3 Å². The maximum Gasteiger partial charge on any atom is 0.258 e. The van der Waals surface area contributed by atoms with Crippen LogP contribution in [0.3, 0.4) is 0 Å². The molecule has 2 rings (SSSR count). The first-order valence-corrected chi connectivity index (χ1v) is 5.67. The molecule has 0 bridgehead atoms. The SMILES string of the molecule is O=C(Nc1cc(F)ccc1F)c1cc(S)ccc1F. The fourth-order valence-corrected chi connectivity index (χ4v) is 1.67. The first-order valence-electron chi connectivity index (χ1n) is 5.22. The minimum Gasteiger partial charge on any atom is -0.319 e. The summed E-state index contributed by atoms with van der Waals surface area (Å²) < 4.78 is 39.7. The van der Waals surface area contributed by atoms with Crippen molar-refractivity contribution in [3.63, 3.8) is 0 Å². The molecule has 1 amide bonds. The molecule has 2 nitrogen and oxygen atoms in total. The van der Waals surface area contributed by atoms with Crippen molar-refractivity contribution in [3.05, 3.63) is 59.4 Å². The summed E-state index contributed by atoms with van der Waals surface area (Å²) in [7, 11) is 0. The summed E-state index contributed by atoms with van der Waals surface area (Å²) in [5.74, 6) is -3.16. The molecule has 0 unspecified atom stereocenters. The van der Waals surface area contributed by atoms with E-state index in [1.54, 1.807) is 0 Å². The second kappa shape index (κ2) is 5.36. The molecule has 0 radical (unpaired) electrons. The molecule has 98 valence electrons. The van der Waals surface area contributed by atoms with Crippen LogP contribution >= 0.6 is 12.6 Å². The fourth-order valence-electron chi connectivity index (χ4n) is 1.47. The van der Waals surface area contributed by atoms with Crippen LogP contribution in [0.1, 0.15) is 10.4 Å². The maximum absolute atomic E-state index is 13.4. The molecule has 0 aliphatic heterocycles. The number of thiol groups is 1. The lowest BCUT2D eigenvalue weighted by atomic mass is 10.2. The summed E-state index contributed by atoms with van der Waals surface area (Å²) in [4.78, 5) is 12.2. The van der Waals surface area contributed by atoms with E-state index in [2.05, 4.69) is 17.9 Å². The van der Waals surface area contributed by atoms with Crippen LogP contribution in [-0.4, -0.2) is 5.91 Å². The number of rotatable bonds is 2. The van der Waals surface area contributed by atoms with Crippen LogP contribution in [-0.2, 0) is 0 Å². The molecule has 0 aliphatic rings. The van der Waals surface area contributed by atoms with Crippen molar-refractivity contribution in [2.45, 2.75) is 4.90 Å². The van der Waals surface area contributed by atoms with Gasteiger partial charge in [-0.1, -0.05) is 0 Å². The Bertz CT molecular complexity index is 646. The van der Waals surface area contributed by atoms with Gasteiger partial charge in [0.1, 0.15) is 17.5 Å². The van der Waals surface area contributed by atoms with Gasteiger partial charge in [0.25, 0.3) is 5.91 Å². The Morgan fingerprint density at radius 2 is 1.68 bits per heavy atom. The van der Waals surface area contributed by atoms with Crippen LogP contribution in [0.15, 0.2) is 41.3 Å². The fraction of sp³-hybridized carbons (Fsp3) is 0. The largest absolute Gasteiger partial charge is 0.319 e. The van der Waals surface area contributed by atoms with Crippen molar-refractivity contribution in [1.29, 1.82) is 0 Å². The van der Waals surface area contributed by atoms with Gasteiger partial charge in [-0.2, -0.15) is 0 Å². The Morgan fingerprint density at radius 1 is 1.00 bits per heavy atom. The van der Waals surface area contributed by atoms with Crippen molar-refractivity contribution in [2.24, 2.45) is 0 Å². The molecule has 19 heavy (non-hydrogen) atoms. The van der Waals surface area contributed by atoms with Gasteiger partial charge in [-0.15, -0.1) is 12.6 Å². The van der Waals surface area contributed by atoms with Gasteiger partial charge >= 0.3 is 0 Å². The predicted octanol–water partition coefficient (Wildman–Crippen LogP) is 3.64. The Morgan fingerprint density at radius 3 is 2.42 bits per heavy atom. The van der Waals surface area contributed by atoms with E-state index in [1.807, 2.05) is 0 Å². The smallest absolute Gasteiger partial charge is 0.258 e. The lowest BCUT2D eigenvalue weighted by molar-refractivity contribution is 0.102. The van der Waals surface area contributed by atoms with E-state index >= 15 is 0 Å². The third-order valence-corrected chi connectivity index (χ3v) is 2.65. The van der Waals surface area contributed by atoms with Gasteiger partial charge in [0, 0.05) is 11.0 Å². The van der Waals surface area contributed by atoms with Gasteiger partial charge < -0.3 is 5.32 Å². The summed E-state index contributed by atoms with van der Waals surface area (Å²) in [6, 6.07) is 6.24. The van der Waals surface area contributed by atoms with Gasteiger partial charge in [-0.25, -0.2) is 13.2 Å². The van der Waals surface area contributed by atoms with E-state index in [-0.39, 0.29) is 11.3 Å². The highest BCUT2D eigenvalue weighted by Gasteiger charge is 2.14. The zero-order valence-electron chi connectivity index (χ0n) is 9.45. The third-order valence-electron chi connectivity index (χ3n) is 2.37. The number of carbonyl (C=O) groups excluding carboxylic acids is 1. The normalized spacial score (nSPS) is 10.3. The Kier molecular flexibility index (Phi) is 3.80. The number of hydrogen-bond donors (Lipinski definition) is 2. The van der Waals surface area contributed by atoms with Gasteiger partial charge in [-0.3, -0.25) is 4.79 Å². The topological polar surface area (TPSA) is 29.1 Å². The predicted molar refractivity (Wildman–Crippen MR) is 68.0 cm³/mol. The molecule has 1 N–H and O–H groups in total. The molecule has 0 fully saturated rings. The highest BCUT2D eigenvalue weighted by atomic mass is 32.1. The molecule has 2 aromatic rings. The zero-order valence-corrected chi connectivity index (χ0v) is 10.3. The van der Waals surface area contributed by atoms with E-state index in [0.717, 1.165) is 24.3 Å². The summed E-state index contributed by atoms with van der Waals surface area (Å²) in [5.41, 5.74) is -0.648. The van der Waals surface area contributed by atoms with Crippen molar-refractivity contribution in [1.82, 2.24) is 0 Å². The molecule has 2 aromatic carbocycles. The van der Waals surface area contributed by atoms with Gasteiger partial charge in [0.2, 0.25) is 0 Å². The summed E-state index contributed by atoms with van der Waals surface area (Å²) >= 11 is 3.98. The van der Waals surface area contributed by atoms with E-state index in [4.69, 9.17) is 0 Å². The number of amides is 1. The zero-order chi connectivity index (χ0) is 14.0. The van der Waals surface area contributed by atoms with Crippen LogP contribution in [0, 0.1) is 17.5 Å². The molecule has 0 aliphatic carbocycles. The van der Waals surface area contributed by atoms with Crippen LogP contribution in [0.25, 0.3) is 0 Å². The molecule has 6 heteroatoms. The second-order valence-electron chi connectivity index (χ2n) is 3.74. The summed E-state index contributed by atoms with van der Waals surface area (Å²) in [6.07, 6.45) is 0. The van der Waals surface area contributed by atoms with Crippen molar-refractivity contribution in [2.75, 3.05) is 5.32 Å². The molecular weight excluding hydrogens is 275 g/mol. The van der Waals surface area contributed by atoms with E-state index in [1.165, 1.54) is 12.1 Å². The van der Waals surface area contributed by atoms with Gasteiger partial charge in [0.05, 0.1) is 11.3 Å². The Hall–Kier alpha value is -1.95. The van der Waals surface area contributed by atoms with E-state index < -0.39 is 23.4 Å². The Balaban J connectivity index is 2.30. The monoisotopic (exact) mass is 283 g/mol. The molecular formula is C13H8F3NOS. The third kappa shape index (κ3) is 3.08. The van der Waals surface area contributed by atoms with E-state index in [0.29, 0.717) is 4.90 Å². The lowest BCUT2D eigenvalue weighted by Gasteiger charge is -2.07. The Labute approximate surface area is 112 Å². The number of nitrogens with one attached hydrogen (secondary N) is 1. The molecule has 0 atom stereocenters. The molecule has 0 saturated heterocycles. The van der Waals surface area contributed by atoms with Crippen LogP contribution in [0.5, 0.6) is 0 Å². The van der Waals surface area contributed by atoms with Crippen molar-refractivity contribution >= 4 is 24.2 Å². The summed E-state index contributed by atoms with van der Waals surface area (Å²) in [5, 5.41) is 2.11. The number of carbonyl (C=O) groups is 1. The molecule has 0 saturated carbocycles. The highest BCUT2D eigenvalue weighted by Crippen LogP contribution is 2.19.